The summed E-state index contributed by atoms with van der Waals surface area (Å²) < 4.78 is 26.4. The average molecular weight is 493 g/mol. The van der Waals surface area contributed by atoms with Gasteiger partial charge in [-0.15, -0.1) is 10.2 Å². The average Bonchev–Trinajstić information content (AvgIpc) is 3.16. The quantitative estimate of drug-likeness (QED) is 0.371. The lowest BCUT2D eigenvalue weighted by molar-refractivity contribution is -0.113. The van der Waals surface area contributed by atoms with Crippen LogP contribution in [0.25, 0.3) is 0 Å². The molecule has 3 aromatic rings. The SMILES string of the molecule is COc1ccc(OC(C)c2nnc(SCC(=O)Nc3ccc(F)cc3Cl)n2CC(C)C)cc1. The lowest BCUT2D eigenvalue weighted by atomic mass is 10.2. The molecule has 0 saturated carbocycles. The van der Waals surface area contributed by atoms with Crippen molar-refractivity contribution in [2.75, 3.05) is 18.2 Å². The highest BCUT2D eigenvalue weighted by molar-refractivity contribution is 7.99. The number of aromatic nitrogens is 3. The van der Waals surface area contributed by atoms with Crippen LogP contribution in [0, 0.1) is 11.7 Å². The van der Waals surface area contributed by atoms with Crippen molar-refractivity contribution < 1.29 is 18.7 Å². The Morgan fingerprint density at radius 3 is 2.48 bits per heavy atom. The third kappa shape index (κ3) is 6.85. The van der Waals surface area contributed by atoms with Gasteiger partial charge in [0.05, 0.1) is 23.6 Å². The highest BCUT2D eigenvalue weighted by Gasteiger charge is 2.21. The molecular weight excluding hydrogens is 467 g/mol. The van der Waals surface area contributed by atoms with E-state index in [1.54, 1.807) is 7.11 Å². The summed E-state index contributed by atoms with van der Waals surface area (Å²) in [6, 6.07) is 11.1. The van der Waals surface area contributed by atoms with Gasteiger partial charge < -0.3 is 19.4 Å². The summed E-state index contributed by atoms with van der Waals surface area (Å²) in [7, 11) is 1.61. The zero-order valence-corrected chi connectivity index (χ0v) is 20.4. The van der Waals surface area contributed by atoms with Crippen LogP contribution in [0.4, 0.5) is 10.1 Å². The minimum absolute atomic E-state index is 0.0949. The molecule has 0 fully saturated rings. The Hall–Kier alpha value is -2.78. The number of hydrogen-bond acceptors (Lipinski definition) is 6. The summed E-state index contributed by atoms with van der Waals surface area (Å²) in [5.41, 5.74) is 0.356. The molecule has 0 bridgehead atoms. The number of halogens is 2. The first-order chi connectivity index (χ1) is 15.8. The van der Waals surface area contributed by atoms with Crippen LogP contribution in [0.5, 0.6) is 11.5 Å². The number of carbonyl (C=O) groups excluding carboxylic acids is 1. The standard InChI is InChI=1S/C23H26ClFN4O3S/c1-14(2)12-29-22(15(3)32-18-8-6-17(31-4)7-9-18)27-28-23(29)33-13-21(30)26-20-10-5-16(25)11-19(20)24/h5-11,14-15H,12-13H2,1-4H3,(H,26,30). The molecule has 1 aromatic heterocycles. The van der Waals surface area contributed by atoms with Crippen LogP contribution in [0.1, 0.15) is 32.7 Å². The van der Waals surface area contributed by atoms with E-state index >= 15 is 0 Å². The minimum atomic E-state index is -0.465. The van der Waals surface area contributed by atoms with Crippen molar-refractivity contribution in [2.24, 2.45) is 5.92 Å². The van der Waals surface area contributed by atoms with Gasteiger partial charge in [0, 0.05) is 6.54 Å². The summed E-state index contributed by atoms with van der Waals surface area (Å²) >= 11 is 7.25. The first-order valence-electron chi connectivity index (χ1n) is 10.4. The minimum Gasteiger partial charge on any atom is -0.497 e. The van der Waals surface area contributed by atoms with Gasteiger partial charge in [-0.2, -0.15) is 0 Å². The van der Waals surface area contributed by atoms with E-state index in [0.717, 1.165) is 11.8 Å². The Balaban J connectivity index is 1.69. The monoisotopic (exact) mass is 492 g/mol. The molecule has 1 amide bonds. The van der Waals surface area contributed by atoms with E-state index in [1.807, 2.05) is 35.8 Å². The molecule has 0 aliphatic heterocycles. The van der Waals surface area contributed by atoms with Gasteiger partial charge in [-0.1, -0.05) is 37.2 Å². The number of benzene rings is 2. The van der Waals surface area contributed by atoms with Crippen LogP contribution in [-0.4, -0.2) is 33.5 Å². The topological polar surface area (TPSA) is 78.3 Å². The van der Waals surface area contributed by atoms with Crippen LogP contribution in [0.3, 0.4) is 0 Å². The second kappa shape index (κ2) is 11.4. The van der Waals surface area contributed by atoms with Gasteiger partial charge in [-0.05, 0) is 55.3 Å². The van der Waals surface area contributed by atoms with Gasteiger partial charge in [-0.3, -0.25) is 4.79 Å². The Morgan fingerprint density at radius 2 is 1.85 bits per heavy atom. The molecule has 0 aliphatic carbocycles. The summed E-state index contributed by atoms with van der Waals surface area (Å²) in [6.45, 7) is 6.77. The maximum absolute atomic E-state index is 13.2. The highest BCUT2D eigenvalue weighted by Crippen LogP contribution is 2.27. The second-order valence-electron chi connectivity index (χ2n) is 7.74. The zero-order valence-electron chi connectivity index (χ0n) is 18.8. The van der Waals surface area contributed by atoms with E-state index in [2.05, 4.69) is 29.4 Å². The largest absolute Gasteiger partial charge is 0.497 e. The predicted molar refractivity (Wildman–Crippen MR) is 128 cm³/mol. The third-order valence-corrected chi connectivity index (χ3v) is 5.85. The summed E-state index contributed by atoms with van der Waals surface area (Å²) in [4.78, 5) is 12.4. The number of amides is 1. The number of thioether (sulfide) groups is 1. The lowest BCUT2D eigenvalue weighted by Gasteiger charge is -2.18. The van der Waals surface area contributed by atoms with Crippen LogP contribution in [0.15, 0.2) is 47.6 Å². The molecule has 0 aliphatic rings. The number of ether oxygens (including phenoxy) is 2. The molecule has 2 aromatic carbocycles. The highest BCUT2D eigenvalue weighted by atomic mass is 35.5. The van der Waals surface area contributed by atoms with Gasteiger partial charge in [0.25, 0.3) is 0 Å². The molecule has 7 nitrogen and oxygen atoms in total. The number of nitrogens with zero attached hydrogens (tertiary/aromatic N) is 3. The van der Waals surface area contributed by atoms with Crippen LogP contribution >= 0.6 is 23.4 Å². The summed E-state index contributed by atoms with van der Waals surface area (Å²) in [6.07, 6.45) is -0.356. The second-order valence-corrected chi connectivity index (χ2v) is 9.09. The van der Waals surface area contributed by atoms with E-state index in [4.69, 9.17) is 21.1 Å². The number of rotatable bonds is 10. The van der Waals surface area contributed by atoms with Crippen molar-refractivity contribution in [3.05, 3.63) is 59.1 Å². The predicted octanol–water partition coefficient (Wildman–Crippen LogP) is 5.61. The molecule has 0 saturated heterocycles. The number of anilines is 1. The molecule has 1 atom stereocenters. The number of hydrogen-bond donors (Lipinski definition) is 1. The van der Waals surface area contributed by atoms with Gasteiger partial charge >= 0.3 is 0 Å². The molecule has 176 valence electrons. The fourth-order valence-electron chi connectivity index (χ4n) is 3.06. The first kappa shape index (κ1) is 24.9. The molecule has 1 N–H and O–H groups in total. The summed E-state index contributed by atoms with van der Waals surface area (Å²) in [5.74, 6) is 1.79. The van der Waals surface area contributed by atoms with Crippen molar-refractivity contribution in [1.82, 2.24) is 14.8 Å². The Kier molecular flexibility index (Phi) is 8.57. The van der Waals surface area contributed by atoms with Crippen molar-refractivity contribution in [1.29, 1.82) is 0 Å². The van der Waals surface area contributed by atoms with E-state index in [0.29, 0.717) is 34.9 Å². The fourth-order valence-corrected chi connectivity index (χ4v) is 4.03. The Morgan fingerprint density at radius 1 is 1.15 bits per heavy atom. The van der Waals surface area contributed by atoms with Gasteiger partial charge in [0.2, 0.25) is 5.91 Å². The molecule has 3 rings (SSSR count). The van der Waals surface area contributed by atoms with Gasteiger partial charge in [0.1, 0.15) is 17.3 Å². The molecule has 1 heterocycles. The van der Waals surface area contributed by atoms with Crippen LogP contribution in [0.2, 0.25) is 5.02 Å². The third-order valence-electron chi connectivity index (χ3n) is 4.57. The first-order valence-corrected chi connectivity index (χ1v) is 11.7. The number of methoxy groups -OCH3 is 1. The van der Waals surface area contributed by atoms with Crippen molar-refractivity contribution in [2.45, 2.75) is 38.6 Å². The maximum atomic E-state index is 13.2. The Labute approximate surface area is 201 Å². The van der Waals surface area contributed by atoms with E-state index in [-0.39, 0.29) is 22.8 Å². The lowest BCUT2D eigenvalue weighted by Crippen LogP contribution is -2.17. The van der Waals surface area contributed by atoms with Crippen molar-refractivity contribution in [3.63, 3.8) is 0 Å². The summed E-state index contributed by atoms with van der Waals surface area (Å²) in [5, 5.41) is 12.1. The zero-order chi connectivity index (χ0) is 24.0. The molecule has 10 heteroatoms. The van der Waals surface area contributed by atoms with E-state index in [1.165, 1.54) is 23.9 Å². The smallest absolute Gasteiger partial charge is 0.234 e. The molecule has 33 heavy (non-hydrogen) atoms. The van der Waals surface area contributed by atoms with Crippen molar-refractivity contribution in [3.8, 4) is 11.5 Å². The Bertz CT molecular complexity index is 1090. The van der Waals surface area contributed by atoms with E-state index in [9.17, 15) is 9.18 Å². The number of carbonyl (C=O) groups is 1. The molecule has 1 unspecified atom stereocenters. The van der Waals surface area contributed by atoms with Crippen molar-refractivity contribution >= 4 is 35.0 Å². The maximum Gasteiger partial charge on any atom is 0.234 e. The van der Waals surface area contributed by atoms with Crippen LogP contribution < -0.4 is 14.8 Å². The van der Waals surface area contributed by atoms with Gasteiger partial charge in [-0.25, -0.2) is 4.39 Å². The number of nitrogens with one attached hydrogen (secondary N) is 1. The van der Waals surface area contributed by atoms with E-state index < -0.39 is 5.82 Å². The molecule has 0 radical (unpaired) electrons. The normalized spacial score (nSPS) is 12.0. The fraction of sp³-hybridized carbons (Fsp3) is 0.348. The molecular formula is C23H26ClFN4O3S. The van der Waals surface area contributed by atoms with Gasteiger partial charge in [0.15, 0.2) is 17.1 Å². The molecule has 0 spiro atoms. The van der Waals surface area contributed by atoms with Crippen LogP contribution in [-0.2, 0) is 11.3 Å².